The largest absolute Gasteiger partial charge is 0.496 e. The van der Waals surface area contributed by atoms with E-state index in [1.54, 1.807) is 36.5 Å². The summed E-state index contributed by atoms with van der Waals surface area (Å²) in [6.45, 7) is 11.3. The van der Waals surface area contributed by atoms with Crippen LogP contribution in [-0.2, 0) is 10.0 Å². The molecule has 1 aromatic carbocycles. The zero-order valence-corrected chi connectivity index (χ0v) is 16.4. The lowest BCUT2D eigenvalue weighted by molar-refractivity contribution is 0.346. The molecule has 2 rings (SSSR count). The van der Waals surface area contributed by atoms with Gasteiger partial charge >= 0.3 is 0 Å². The molecular weight excluding hydrogens is 310 g/mol. The zero-order chi connectivity index (χ0) is 17.9. The Morgan fingerprint density at radius 2 is 1.61 bits per heavy atom. The number of rotatable bonds is 3. The summed E-state index contributed by atoms with van der Waals surface area (Å²) >= 11 is 0. The van der Waals surface area contributed by atoms with E-state index >= 15 is 0 Å². The molecule has 0 spiro atoms. The quantitative estimate of drug-likeness (QED) is 0.804. The van der Waals surface area contributed by atoms with Gasteiger partial charge in [0.15, 0.2) is 0 Å². The van der Waals surface area contributed by atoms with Crippen LogP contribution in [0.4, 0.5) is 0 Å². The van der Waals surface area contributed by atoms with Gasteiger partial charge in [-0.2, -0.15) is 4.31 Å². The molecule has 0 amide bonds. The average molecular weight is 344 g/mol. The summed E-state index contributed by atoms with van der Waals surface area (Å²) in [5, 5.41) is 0. The molecule has 134 valence electrons. The predicted octanol–water partition coefficient (Wildman–Crippen LogP) is 4.62. The van der Waals surface area contributed by atoms with Gasteiger partial charge in [-0.25, -0.2) is 8.42 Å². The van der Waals surface area contributed by atoms with Crippen molar-refractivity contribution in [1.29, 1.82) is 0 Å². The lowest BCUT2D eigenvalue weighted by Crippen LogP contribution is -2.35. The van der Waals surface area contributed by atoms with Crippen molar-refractivity contribution in [2.45, 2.75) is 65.2 Å². The van der Waals surface area contributed by atoms with E-state index in [9.17, 15) is 8.42 Å². The van der Waals surface area contributed by atoms with Crippen LogP contribution in [0.15, 0.2) is 23.1 Å². The first kappa shape index (κ1) is 21.9. The van der Waals surface area contributed by atoms with Gasteiger partial charge in [-0.15, -0.1) is 0 Å². The third-order valence-electron chi connectivity index (χ3n) is 3.39. The Morgan fingerprint density at radius 1 is 1.09 bits per heavy atom. The highest BCUT2D eigenvalue weighted by molar-refractivity contribution is 7.89. The predicted molar refractivity (Wildman–Crippen MR) is 97.7 cm³/mol. The van der Waals surface area contributed by atoms with Gasteiger partial charge in [0, 0.05) is 18.7 Å². The normalized spacial score (nSPS) is 14.9. The van der Waals surface area contributed by atoms with Gasteiger partial charge in [0.25, 0.3) is 0 Å². The number of sulfonamides is 1. The highest BCUT2D eigenvalue weighted by Crippen LogP contribution is 2.28. The Kier molecular flexibility index (Phi) is 10.9. The van der Waals surface area contributed by atoms with E-state index < -0.39 is 10.0 Å². The fourth-order valence-electron chi connectivity index (χ4n) is 2.34. The summed E-state index contributed by atoms with van der Waals surface area (Å²) in [6, 6.07) is 5.16. The van der Waals surface area contributed by atoms with Crippen LogP contribution in [0.25, 0.3) is 0 Å². The van der Waals surface area contributed by atoms with Gasteiger partial charge in [0.05, 0.1) is 12.0 Å². The van der Waals surface area contributed by atoms with Gasteiger partial charge in [0.1, 0.15) is 5.75 Å². The van der Waals surface area contributed by atoms with Crippen molar-refractivity contribution in [2.75, 3.05) is 20.2 Å². The van der Waals surface area contributed by atoms with Crippen molar-refractivity contribution in [1.82, 2.24) is 4.31 Å². The van der Waals surface area contributed by atoms with Crippen LogP contribution in [0, 0.1) is 6.92 Å². The third kappa shape index (κ3) is 6.15. The molecule has 0 atom stereocenters. The average Bonchev–Trinajstić information content (AvgIpc) is 2.58. The van der Waals surface area contributed by atoms with Crippen molar-refractivity contribution in [3.05, 3.63) is 23.8 Å². The molecule has 4 nitrogen and oxygen atoms in total. The molecule has 0 aromatic heterocycles. The van der Waals surface area contributed by atoms with Gasteiger partial charge < -0.3 is 4.74 Å². The second kappa shape index (κ2) is 11.5. The molecule has 0 N–H and O–H groups in total. The van der Waals surface area contributed by atoms with Gasteiger partial charge in [-0.3, -0.25) is 0 Å². The van der Waals surface area contributed by atoms with Crippen LogP contribution in [0.2, 0.25) is 0 Å². The molecule has 23 heavy (non-hydrogen) atoms. The van der Waals surface area contributed by atoms with E-state index in [4.69, 9.17) is 4.74 Å². The topological polar surface area (TPSA) is 46.6 Å². The minimum Gasteiger partial charge on any atom is -0.496 e. The maximum atomic E-state index is 12.5. The van der Waals surface area contributed by atoms with E-state index in [-0.39, 0.29) is 0 Å². The summed E-state index contributed by atoms with van der Waals surface area (Å²) in [6.07, 6.45) is 4.26. The van der Waals surface area contributed by atoms with Crippen LogP contribution in [-0.4, -0.2) is 32.9 Å². The highest BCUT2D eigenvalue weighted by Gasteiger charge is 2.27. The Hall–Kier alpha value is -1.07. The van der Waals surface area contributed by atoms with Crippen LogP contribution in [0.5, 0.6) is 5.75 Å². The standard InChI is InChI=1S/C13H19NO3S.C3H8.C2H6/c1-11-12(17-2)7-6-8-13(11)18(15,16)14-9-4-3-5-10-14;1-3-2;1-2/h6-8H,3-5,9-10H2,1-2H3;3H2,1-2H3;1-2H3. The molecule has 1 aliphatic rings. The van der Waals surface area contributed by atoms with Gasteiger partial charge in [-0.05, 0) is 31.9 Å². The number of piperidine rings is 1. The summed E-state index contributed by atoms with van der Waals surface area (Å²) in [5.41, 5.74) is 0.686. The maximum absolute atomic E-state index is 12.5. The van der Waals surface area contributed by atoms with Gasteiger partial charge in [0.2, 0.25) is 10.0 Å². The number of ether oxygens (including phenoxy) is 1. The van der Waals surface area contributed by atoms with Crippen LogP contribution in [0.3, 0.4) is 0 Å². The van der Waals surface area contributed by atoms with Crippen molar-refractivity contribution in [2.24, 2.45) is 0 Å². The van der Waals surface area contributed by atoms with Crippen molar-refractivity contribution < 1.29 is 13.2 Å². The van der Waals surface area contributed by atoms with Crippen molar-refractivity contribution in [3.63, 3.8) is 0 Å². The number of hydrogen-bond acceptors (Lipinski definition) is 3. The molecule has 1 aromatic rings. The molecular formula is C18H33NO3S. The number of nitrogens with zero attached hydrogens (tertiary/aromatic N) is 1. The van der Waals surface area contributed by atoms with Crippen LogP contribution >= 0.6 is 0 Å². The summed E-state index contributed by atoms with van der Waals surface area (Å²) in [7, 11) is -1.82. The van der Waals surface area contributed by atoms with E-state index in [0.717, 1.165) is 19.3 Å². The number of methoxy groups -OCH3 is 1. The minimum absolute atomic E-state index is 0.365. The fraction of sp³-hybridized carbons (Fsp3) is 0.667. The van der Waals surface area contributed by atoms with E-state index in [1.165, 1.54) is 6.42 Å². The molecule has 0 unspecified atom stereocenters. The molecule has 1 saturated heterocycles. The summed E-state index contributed by atoms with van der Waals surface area (Å²) in [4.78, 5) is 0.365. The van der Waals surface area contributed by atoms with E-state index in [0.29, 0.717) is 29.3 Å². The molecule has 1 aliphatic heterocycles. The lowest BCUT2D eigenvalue weighted by Gasteiger charge is -2.26. The molecule has 0 aliphatic carbocycles. The molecule has 0 radical (unpaired) electrons. The molecule has 5 heteroatoms. The molecule has 1 heterocycles. The minimum atomic E-state index is -3.37. The highest BCUT2D eigenvalue weighted by atomic mass is 32.2. The second-order valence-corrected chi connectivity index (χ2v) is 7.16. The van der Waals surface area contributed by atoms with Crippen molar-refractivity contribution >= 4 is 10.0 Å². The number of hydrogen-bond donors (Lipinski definition) is 0. The summed E-state index contributed by atoms with van der Waals surface area (Å²) < 4.78 is 31.9. The fourth-order valence-corrected chi connectivity index (χ4v) is 4.09. The van der Waals surface area contributed by atoms with E-state index in [2.05, 4.69) is 13.8 Å². The smallest absolute Gasteiger partial charge is 0.243 e. The Labute approximate surface area is 142 Å². The molecule has 0 bridgehead atoms. The Balaban J connectivity index is 0.000000868. The Morgan fingerprint density at radius 3 is 2.09 bits per heavy atom. The van der Waals surface area contributed by atoms with E-state index in [1.807, 2.05) is 13.8 Å². The monoisotopic (exact) mass is 343 g/mol. The first-order valence-electron chi connectivity index (χ1n) is 8.62. The van der Waals surface area contributed by atoms with Gasteiger partial charge in [-0.1, -0.05) is 46.6 Å². The Bertz CT molecular complexity index is 535. The first-order chi connectivity index (χ1) is 11.0. The summed E-state index contributed by atoms with van der Waals surface area (Å²) in [5.74, 6) is 0.619. The van der Waals surface area contributed by atoms with Crippen molar-refractivity contribution in [3.8, 4) is 5.75 Å². The molecule has 1 fully saturated rings. The van der Waals surface area contributed by atoms with Crippen LogP contribution in [0.1, 0.15) is 58.9 Å². The zero-order valence-electron chi connectivity index (χ0n) is 15.6. The second-order valence-electron chi connectivity index (χ2n) is 5.26. The maximum Gasteiger partial charge on any atom is 0.243 e. The lowest BCUT2D eigenvalue weighted by atomic mass is 10.2. The SMILES string of the molecule is CC.CCC.COc1cccc(S(=O)(=O)N2CCCCC2)c1C. The van der Waals surface area contributed by atoms with Crippen LogP contribution < -0.4 is 4.74 Å². The molecule has 0 saturated carbocycles. The first-order valence-corrected chi connectivity index (χ1v) is 10.1. The third-order valence-corrected chi connectivity index (χ3v) is 5.43. The number of benzene rings is 1.